The second-order valence-electron chi connectivity index (χ2n) is 9.44. The second-order valence-corrected chi connectivity index (χ2v) is 9.44. The summed E-state index contributed by atoms with van der Waals surface area (Å²) in [7, 11) is 0. The number of carbonyl (C=O) groups is 1. The maximum absolute atomic E-state index is 13.8. The predicted molar refractivity (Wildman–Crippen MR) is 138 cm³/mol. The molecule has 1 aliphatic carbocycles. The molecule has 192 valence electrons. The van der Waals surface area contributed by atoms with Gasteiger partial charge in [0.25, 0.3) is 0 Å². The van der Waals surface area contributed by atoms with Crippen LogP contribution < -0.4 is 10.1 Å². The number of benzene rings is 2. The predicted octanol–water partition coefficient (Wildman–Crippen LogP) is 4.79. The molecule has 0 spiro atoms. The Bertz CT molecular complexity index is 1610. The number of ether oxygens (including phenoxy) is 1. The third kappa shape index (κ3) is 5.08. The van der Waals surface area contributed by atoms with Gasteiger partial charge < -0.3 is 10.1 Å². The Morgan fingerprint density at radius 3 is 2.87 bits per heavy atom. The van der Waals surface area contributed by atoms with Crippen LogP contribution in [-0.4, -0.2) is 47.6 Å². The SMILES string of the molecule is Cc1cc(-c2cnc3c(NCCc4nn[nH]n4)cc(Oc4cccc(F)c4)nn23)ccc1C(=O)CC1CC1. The van der Waals surface area contributed by atoms with E-state index in [1.165, 1.54) is 12.1 Å². The van der Waals surface area contributed by atoms with Crippen molar-refractivity contribution in [2.45, 2.75) is 32.6 Å². The van der Waals surface area contributed by atoms with E-state index in [0.29, 0.717) is 48.2 Å². The Hall–Kier alpha value is -4.67. The summed E-state index contributed by atoms with van der Waals surface area (Å²) in [5.41, 5.74) is 4.52. The van der Waals surface area contributed by atoms with Gasteiger partial charge in [0.15, 0.2) is 17.3 Å². The topological polar surface area (TPSA) is 123 Å². The van der Waals surface area contributed by atoms with E-state index < -0.39 is 5.82 Å². The van der Waals surface area contributed by atoms with E-state index in [1.54, 1.807) is 28.9 Å². The van der Waals surface area contributed by atoms with E-state index in [0.717, 1.165) is 35.2 Å². The third-order valence-electron chi connectivity index (χ3n) is 6.51. The Labute approximate surface area is 217 Å². The minimum Gasteiger partial charge on any atom is -0.437 e. The number of ketones is 1. The lowest BCUT2D eigenvalue weighted by atomic mass is 9.98. The second kappa shape index (κ2) is 10.0. The molecule has 0 bridgehead atoms. The van der Waals surface area contributed by atoms with E-state index >= 15 is 0 Å². The van der Waals surface area contributed by atoms with Crippen LogP contribution in [-0.2, 0) is 6.42 Å². The molecule has 0 amide bonds. The number of aromatic nitrogens is 7. The fraction of sp³-hybridized carbons (Fsp3) is 0.259. The number of hydrogen-bond acceptors (Lipinski definition) is 8. The molecule has 38 heavy (non-hydrogen) atoms. The molecule has 0 unspecified atom stereocenters. The molecular formula is C27H25FN8O2. The van der Waals surface area contributed by atoms with Crippen LogP contribution in [0.3, 0.4) is 0 Å². The maximum atomic E-state index is 13.8. The third-order valence-corrected chi connectivity index (χ3v) is 6.51. The number of nitrogens with one attached hydrogen (secondary N) is 2. The molecule has 6 rings (SSSR count). The van der Waals surface area contributed by atoms with Gasteiger partial charge in [0.05, 0.1) is 17.6 Å². The lowest BCUT2D eigenvalue weighted by Gasteiger charge is -2.12. The first-order valence-corrected chi connectivity index (χ1v) is 12.5. The van der Waals surface area contributed by atoms with Crippen molar-refractivity contribution >= 4 is 17.1 Å². The molecule has 0 aliphatic heterocycles. The van der Waals surface area contributed by atoms with Crippen molar-refractivity contribution in [3.05, 3.63) is 77.5 Å². The molecular weight excluding hydrogens is 487 g/mol. The zero-order valence-corrected chi connectivity index (χ0v) is 20.7. The number of tetrazole rings is 1. The largest absolute Gasteiger partial charge is 0.437 e. The molecule has 3 aromatic heterocycles. The van der Waals surface area contributed by atoms with Gasteiger partial charge in [-0.25, -0.2) is 13.9 Å². The molecule has 1 saturated carbocycles. The number of nitrogens with zero attached hydrogens (tertiary/aromatic N) is 6. The first-order valence-electron chi connectivity index (χ1n) is 12.5. The Kier molecular flexibility index (Phi) is 6.24. The number of carbonyl (C=O) groups excluding carboxylic acids is 1. The van der Waals surface area contributed by atoms with Gasteiger partial charge in [0.1, 0.15) is 11.6 Å². The van der Waals surface area contributed by atoms with Crippen molar-refractivity contribution in [2.75, 3.05) is 11.9 Å². The van der Waals surface area contributed by atoms with E-state index in [1.807, 2.05) is 25.1 Å². The van der Waals surface area contributed by atoms with Crippen molar-refractivity contribution in [2.24, 2.45) is 5.92 Å². The van der Waals surface area contributed by atoms with Crippen molar-refractivity contribution in [1.82, 2.24) is 35.2 Å². The number of aromatic amines is 1. The van der Waals surface area contributed by atoms with E-state index in [9.17, 15) is 9.18 Å². The highest BCUT2D eigenvalue weighted by atomic mass is 19.1. The summed E-state index contributed by atoms with van der Waals surface area (Å²) < 4.78 is 21.4. The van der Waals surface area contributed by atoms with Crippen molar-refractivity contribution in [1.29, 1.82) is 0 Å². The molecule has 10 nitrogen and oxygen atoms in total. The van der Waals surface area contributed by atoms with Crippen molar-refractivity contribution in [3.63, 3.8) is 0 Å². The van der Waals surface area contributed by atoms with Crippen LogP contribution in [0.4, 0.5) is 10.1 Å². The monoisotopic (exact) mass is 512 g/mol. The minimum absolute atomic E-state index is 0.187. The summed E-state index contributed by atoms with van der Waals surface area (Å²) >= 11 is 0. The summed E-state index contributed by atoms with van der Waals surface area (Å²) in [5.74, 6) is 1.48. The molecule has 0 atom stereocenters. The minimum atomic E-state index is -0.405. The van der Waals surface area contributed by atoms with E-state index in [4.69, 9.17) is 4.74 Å². The lowest BCUT2D eigenvalue weighted by molar-refractivity contribution is 0.0975. The first kappa shape index (κ1) is 23.7. The fourth-order valence-corrected chi connectivity index (χ4v) is 4.40. The summed E-state index contributed by atoms with van der Waals surface area (Å²) in [6.45, 7) is 2.46. The number of halogens is 1. The van der Waals surface area contributed by atoms with Gasteiger partial charge in [-0.2, -0.15) is 5.21 Å². The van der Waals surface area contributed by atoms with Gasteiger partial charge >= 0.3 is 0 Å². The number of Topliss-reactive ketones (excluding diaryl/α,β-unsaturated/α-hetero) is 1. The summed E-state index contributed by atoms with van der Waals surface area (Å²) in [4.78, 5) is 17.3. The van der Waals surface area contributed by atoms with Gasteiger partial charge in [-0.1, -0.05) is 23.4 Å². The quantitative estimate of drug-likeness (QED) is 0.256. The van der Waals surface area contributed by atoms with Crippen LogP contribution in [0.15, 0.2) is 54.7 Å². The van der Waals surface area contributed by atoms with Crippen molar-refractivity contribution in [3.8, 4) is 22.9 Å². The summed E-state index contributed by atoms with van der Waals surface area (Å²) in [5, 5.41) is 22.0. The molecule has 0 saturated heterocycles. The van der Waals surface area contributed by atoms with Crippen molar-refractivity contribution < 1.29 is 13.9 Å². The average molecular weight is 513 g/mol. The van der Waals surface area contributed by atoms with Crippen LogP contribution in [0.1, 0.15) is 41.0 Å². The molecule has 5 aromatic rings. The molecule has 3 heterocycles. The number of H-pyrrole nitrogens is 1. The zero-order valence-electron chi connectivity index (χ0n) is 20.7. The molecule has 0 radical (unpaired) electrons. The van der Waals surface area contributed by atoms with Crippen LogP contribution in [0.2, 0.25) is 0 Å². The normalized spacial score (nSPS) is 13.1. The first-order chi connectivity index (χ1) is 18.5. The number of imidazole rings is 1. The Morgan fingerprint density at radius 2 is 2.11 bits per heavy atom. The highest BCUT2D eigenvalue weighted by Gasteiger charge is 2.25. The Morgan fingerprint density at radius 1 is 1.21 bits per heavy atom. The number of anilines is 1. The summed E-state index contributed by atoms with van der Waals surface area (Å²) in [6.07, 6.45) is 5.16. The molecule has 2 N–H and O–H groups in total. The maximum Gasteiger partial charge on any atom is 0.239 e. The Balaban J connectivity index is 1.35. The van der Waals surface area contributed by atoms with E-state index in [2.05, 4.69) is 36.0 Å². The summed E-state index contributed by atoms with van der Waals surface area (Å²) in [6, 6.07) is 13.4. The zero-order chi connectivity index (χ0) is 26.1. The molecule has 1 fully saturated rings. The number of fused-ring (bicyclic) bond motifs is 1. The van der Waals surface area contributed by atoms with Gasteiger partial charge in [-0.05, 0) is 49.4 Å². The smallest absolute Gasteiger partial charge is 0.239 e. The highest BCUT2D eigenvalue weighted by molar-refractivity contribution is 5.98. The van der Waals surface area contributed by atoms with Crippen LogP contribution in [0, 0.1) is 18.7 Å². The van der Waals surface area contributed by atoms with Gasteiger partial charge in [-0.15, -0.1) is 15.3 Å². The van der Waals surface area contributed by atoms with Gasteiger partial charge in [0.2, 0.25) is 5.88 Å². The average Bonchev–Trinajstić information content (AvgIpc) is 3.36. The number of hydrogen-bond donors (Lipinski definition) is 2. The molecule has 2 aromatic carbocycles. The highest BCUT2D eigenvalue weighted by Crippen LogP contribution is 2.35. The molecule has 11 heteroatoms. The van der Waals surface area contributed by atoms with Crippen LogP contribution in [0.25, 0.3) is 16.9 Å². The lowest BCUT2D eigenvalue weighted by Crippen LogP contribution is -2.09. The standard InChI is InChI=1S/C27H25FN8O2/c1-16-11-18(7-8-21(16)24(37)12-17-5-6-17)23-15-30-27-22(29-10-9-25-31-34-35-32-25)14-26(33-36(23)27)38-20-4-2-3-19(28)13-20/h2-4,7-8,11,13-15,17,29H,5-6,9-10,12H2,1H3,(H,31,32,34,35). The molecule has 1 aliphatic rings. The van der Waals surface area contributed by atoms with Gasteiger partial charge in [-0.3, -0.25) is 4.79 Å². The van der Waals surface area contributed by atoms with Crippen LogP contribution in [0.5, 0.6) is 11.6 Å². The van der Waals surface area contributed by atoms with Gasteiger partial charge in [0, 0.05) is 42.6 Å². The van der Waals surface area contributed by atoms with Crippen LogP contribution >= 0.6 is 0 Å². The fourth-order valence-electron chi connectivity index (χ4n) is 4.40. The van der Waals surface area contributed by atoms with E-state index in [-0.39, 0.29) is 11.7 Å². The number of aryl methyl sites for hydroxylation is 1. The number of rotatable bonds is 10.